The van der Waals surface area contributed by atoms with Gasteiger partial charge in [-0.2, -0.15) is 0 Å². The molecule has 13 heavy (non-hydrogen) atoms. The summed E-state index contributed by atoms with van der Waals surface area (Å²) < 4.78 is 5.52. The molecule has 0 aromatic heterocycles. The van der Waals surface area contributed by atoms with Gasteiger partial charge in [-0.05, 0) is 38.9 Å². The monoisotopic (exact) mass is 186 g/mol. The molecule has 0 amide bonds. The van der Waals surface area contributed by atoms with Crippen LogP contribution in [0.5, 0.6) is 0 Å². The molecule has 0 saturated carbocycles. The fourth-order valence-corrected chi connectivity index (χ4v) is 1.72. The molecule has 0 aromatic rings. The minimum absolute atomic E-state index is 0.474. The molecular weight excluding hydrogens is 164 g/mol. The number of ether oxygens (including phenoxy) is 1. The Bertz CT molecular complexity index is 124. The molecule has 0 spiro atoms. The minimum Gasteiger partial charge on any atom is -0.377 e. The molecule has 1 aliphatic rings. The highest BCUT2D eigenvalue weighted by Gasteiger charge is 2.14. The first-order valence-corrected chi connectivity index (χ1v) is 5.30. The molecule has 1 rings (SSSR count). The van der Waals surface area contributed by atoms with Gasteiger partial charge in [-0.3, -0.25) is 0 Å². The van der Waals surface area contributed by atoms with Crippen molar-refractivity contribution in [3.8, 4) is 0 Å². The summed E-state index contributed by atoms with van der Waals surface area (Å²) in [7, 11) is 2.00. The van der Waals surface area contributed by atoms with E-state index in [2.05, 4.69) is 17.6 Å². The smallest absolute Gasteiger partial charge is 0.0700 e. The lowest BCUT2D eigenvalue weighted by molar-refractivity contribution is 0.109. The molecule has 1 fully saturated rings. The van der Waals surface area contributed by atoms with Gasteiger partial charge in [0.15, 0.2) is 0 Å². The summed E-state index contributed by atoms with van der Waals surface area (Å²) in [5, 5.41) is 6.62. The second-order valence-corrected chi connectivity index (χ2v) is 3.96. The summed E-state index contributed by atoms with van der Waals surface area (Å²) in [6.07, 6.45) is 2.94. The van der Waals surface area contributed by atoms with Crippen molar-refractivity contribution in [1.82, 2.24) is 10.6 Å². The highest BCUT2D eigenvalue weighted by atomic mass is 16.5. The molecule has 3 heteroatoms. The van der Waals surface area contributed by atoms with Crippen LogP contribution in [0.2, 0.25) is 0 Å². The molecule has 0 aromatic carbocycles. The summed E-state index contributed by atoms with van der Waals surface area (Å²) in [4.78, 5) is 0. The van der Waals surface area contributed by atoms with Crippen LogP contribution in [0.15, 0.2) is 0 Å². The zero-order valence-electron chi connectivity index (χ0n) is 8.81. The number of nitrogens with one attached hydrogen (secondary N) is 2. The van der Waals surface area contributed by atoms with Gasteiger partial charge in [-0.25, -0.2) is 0 Å². The van der Waals surface area contributed by atoms with Gasteiger partial charge in [-0.1, -0.05) is 6.92 Å². The Balaban J connectivity index is 1.93. The van der Waals surface area contributed by atoms with Crippen molar-refractivity contribution < 1.29 is 4.74 Å². The van der Waals surface area contributed by atoms with Crippen LogP contribution in [0.25, 0.3) is 0 Å². The SMILES string of the molecule is CNCC(C)CNCC1CCCO1. The topological polar surface area (TPSA) is 33.3 Å². The lowest BCUT2D eigenvalue weighted by atomic mass is 10.1. The molecule has 0 aliphatic carbocycles. The molecule has 78 valence electrons. The van der Waals surface area contributed by atoms with Crippen molar-refractivity contribution in [2.45, 2.75) is 25.9 Å². The van der Waals surface area contributed by atoms with Crippen LogP contribution in [-0.2, 0) is 4.74 Å². The summed E-state index contributed by atoms with van der Waals surface area (Å²) in [5.74, 6) is 0.700. The van der Waals surface area contributed by atoms with Crippen molar-refractivity contribution in [3.05, 3.63) is 0 Å². The first kappa shape index (κ1) is 11.0. The Kier molecular flexibility index (Phi) is 5.35. The number of hydrogen-bond acceptors (Lipinski definition) is 3. The number of hydrogen-bond donors (Lipinski definition) is 2. The largest absolute Gasteiger partial charge is 0.377 e. The molecule has 1 saturated heterocycles. The lowest BCUT2D eigenvalue weighted by Gasteiger charge is -2.14. The van der Waals surface area contributed by atoms with E-state index in [1.54, 1.807) is 0 Å². The second-order valence-electron chi connectivity index (χ2n) is 3.96. The molecule has 3 nitrogen and oxygen atoms in total. The number of rotatable bonds is 6. The van der Waals surface area contributed by atoms with E-state index in [9.17, 15) is 0 Å². The Morgan fingerprint density at radius 1 is 1.46 bits per heavy atom. The Hall–Kier alpha value is -0.120. The summed E-state index contributed by atoms with van der Waals surface area (Å²) in [6.45, 7) is 6.39. The fraction of sp³-hybridized carbons (Fsp3) is 1.00. The van der Waals surface area contributed by atoms with Gasteiger partial charge in [0.2, 0.25) is 0 Å². The molecule has 0 bridgehead atoms. The molecule has 0 radical (unpaired) electrons. The van der Waals surface area contributed by atoms with E-state index in [0.717, 1.165) is 26.2 Å². The standard InChI is InChI=1S/C10H22N2O/c1-9(6-11-2)7-12-8-10-4-3-5-13-10/h9-12H,3-8H2,1-2H3. The maximum absolute atomic E-state index is 5.52. The van der Waals surface area contributed by atoms with E-state index in [1.165, 1.54) is 12.8 Å². The summed E-state index contributed by atoms with van der Waals surface area (Å²) >= 11 is 0. The van der Waals surface area contributed by atoms with Gasteiger partial charge in [0.25, 0.3) is 0 Å². The van der Waals surface area contributed by atoms with Crippen LogP contribution in [0.1, 0.15) is 19.8 Å². The zero-order valence-corrected chi connectivity index (χ0v) is 8.81. The third-order valence-corrected chi connectivity index (χ3v) is 2.44. The zero-order chi connectivity index (χ0) is 9.52. The van der Waals surface area contributed by atoms with Gasteiger partial charge in [0.1, 0.15) is 0 Å². The quantitative estimate of drug-likeness (QED) is 0.637. The van der Waals surface area contributed by atoms with Crippen LogP contribution < -0.4 is 10.6 Å². The van der Waals surface area contributed by atoms with Gasteiger partial charge >= 0.3 is 0 Å². The maximum atomic E-state index is 5.52. The maximum Gasteiger partial charge on any atom is 0.0700 e. The van der Waals surface area contributed by atoms with Crippen LogP contribution in [0.4, 0.5) is 0 Å². The van der Waals surface area contributed by atoms with Crippen molar-refractivity contribution in [2.24, 2.45) is 5.92 Å². The molecule has 2 atom stereocenters. The van der Waals surface area contributed by atoms with Crippen molar-refractivity contribution in [3.63, 3.8) is 0 Å². The average molecular weight is 186 g/mol. The second kappa shape index (κ2) is 6.35. The third kappa shape index (κ3) is 4.60. The van der Waals surface area contributed by atoms with Crippen molar-refractivity contribution >= 4 is 0 Å². The average Bonchev–Trinajstić information content (AvgIpc) is 2.57. The highest BCUT2D eigenvalue weighted by molar-refractivity contribution is 4.68. The van der Waals surface area contributed by atoms with Gasteiger partial charge in [0, 0.05) is 13.2 Å². The predicted molar refractivity (Wildman–Crippen MR) is 54.9 cm³/mol. The van der Waals surface area contributed by atoms with E-state index in [0.29, 0.717) is 12.0 Å². The van der Waals surface area contributed by atoms with Crippen molar-refractivity contribution in [1.29, 1.82) is 0 Å². The molecule has 1 heterocycles. The van der Waals surface area contributed by atoms with Gasteiger partial charge in [-0.15, -0.1) is 0 Å². The van der Waals surface area contributed by atoms with Crippen LogP contribution in [0.3, 0.4) is 0 Å². The molecular formula is C10H22N2O. The van der Waals surface area contributed by atoms with E-state index in [1.807, 2.05) is 7.05 Å². The third-order valence-electron chi connectivity index (χ3n) is 2.44. The van der Waals surface area contributed by atoms with E-state index in [-0.39, 0.29) is 0 Å². The first-order valence-electron chi connectivity index (χ1n) is 5.30. The first-order chi connectivity index (χ1) is 6.33. The van der Waals surface area contributed by atoms with E-state index >= 15 is 0 Å². The van der Waals surface area contributed by atoms with Crippen molar-refractivity contribution in [2.75, 3.05) is 33.3 Å². The Morgan fingerprint density at radius 3 is 2.92 bits per heavy atom. The Labute approximate surface area is 81.2 Å². The fourth-order valence-electron chi connectivity index (χ4n) is 1.72. The molecule has 2 unspecified atom stereocenters. The Morgan fingerprint density at radius 2 is 2.31 bits per heavy atom. The predicted octanol–water partition coefficient (Wildman–Crippen LogP) is 0.611. The normalized spacial score (nSPS) is 24.9. The van der Waals surface area contributed by atoms with E-state index in [4.69, 9.17) is 4.74 Å². The van der Waals surface area contributed by atoms with Gasteiger partial charge in [0.05, 0.1) is 6.10 Å². The minimum atomic E-state index is 0.474. The van der Waals surface area contributed by atoms with E-state index < -0.39 is 0 Å². The van der Waals surface area contributed by atoms with Crippen LogP contribution in [0, 0.1) is 5.92 Å². The van der Waals surface area contributed by atoms with Gasteiger partial charge < -0.3 is 15.4 Å². The lowest BCUT2D eigenvalue weighted by Crippen LogP contribution is -2.32. The molecule has 2 N–H and O–H groups in total. The summed E-state index contributed by atoms with van der Waals surface area (Å²) in [6, 6.07) is 0. The molecule has 1 aliphatic heterocycles. The summed E-state index contributed by atoms with van der Waals surface area (Å²) in [5.41, 5.74) is 0. The van der Waals surface area contributed by atoms with Crippen LogP contribution in [-0.4, -0.2) is 39.4 Å². The highest BCUT2D eigenvalue weighted by Crippen LogP contribution is 2.10. The van der Waals surface area contributed by atoms with Crippen LogP contribution >= 0.6 is 0 Å².